The van der Waals surface area contributed by atoms with E-state index >= 15 is 0 Å². The minimum atomic E-state index is -4.08. The van der Waals surface area contributed by atoms with Crippen LogP contribution in [0.1, 0.15) is 18.1 Å². The van der Waals surface area contributed by atoms with Gasteiger partial charge in [-0.3, -0.25) is 4.79 Å². The number of nitrogens with one attached hydrogen (secondary N) is 1. The number of nitrogens with zero attached hydrogens (tertiary/aromatic N) is 1. The first-order chi connectivity index (χ1) is 16.2. The van der Waals surface area contributed by atoms with Gasteiger partial charge in [0.2, 0.25) is 0 Å². The Morgan fingerprint density at radius 1 is 1.06 bits per heavy atom. The number of amides is 1. The van der Waals surface area contributed by atoms with Gasteiger partial charge in [0.05, 0.1) is 6.61 Å². The topological polar surface area (TPSA) is 105 Å². The molecular formula is C25H21BrN2O5S. The largest absolute Gasteiger partial charge is 0.490 e. The number of anilines is 1. The Balaban J connectivity index is 1.86. The Morgan fingerprint density at radius 2 is 1.74 bits per heavy atom. The molecule has 34 heavy (non-hydrogen) atoms. The lowest BCUT2D eigenvalue weighted by Gasteiger charge is -2.13. The third kappa shape index (κ3) is 6.47. The maximum atomic E-state index is 12.7. The molecule has 0 aliphatic heterocycles. The summed E-state index contributed by atoms with van der Waals surface area (Å²) in [5.41, 5.74) is 1.79. The van der Waals surface area contributed by atoms with Crippen molar-refractivity contribution in [3.63, 3.8) is 0 Å². The van der Waals surface area contributed by atoms with Crippen LogP contribution in [-0.4, -0.2) is 20.9 Å². The van der Waals surface area contributed by atoms with E-state index in [1.54, 1.807) is 43.3 Å². The lowest BCUT2D eigenvalue weighted by atomic mass is 10.1. The van der Waals surface area contributed by atoms with Crippen LogP contribution in [0, 0.1) is 18.3 Å². The summed E-state index contributed by atoms with van der Waals surface area (Å²) in [5, 5.41) is 12.1. The van der Waals surface area contributed by atoms with Crippen LogP contribution in [0.25, 0.3) is 6.08 Å². The van der Waals surface area contributed by atoms with Gasteiger partial charge in [0.1, 0.15) is 16.5 Å². The number of nitriles is 1. The van der Waals surface area contributed by atoms with Gasteiger partial charge < -0.3 is 14.2 Å². The SMILES string of the molecule is CCOc1cc(/C=C(\C#N)C(=O)Nc2ccc(Br)cc2)ccc1OS(=O)(=O)c1ccc(C)cc1. The van der Waals surface area contributed by atoms with Gasteiger partial charge in [-0.25, -0.2) is 0 Å². The van der Waals surface area contributed by atoms with Crippen LogP contribution in [0.2, 0.25) is 0 Å². The third-order valence-electron chi connectivity index (χ3n) is 4.55. The van der Waals surface area contributed by atoms with E-state index in [4.69, 9.17) is 8.92 Å². The van der Waals surface area contributed by atoms with Crippen molar-refractivity contribution < 1.29 is 22.1 Å². The van der Waals surface area contributed by atoms with E-state index in [1.165, 1.54) is 36.4 Å². The average molecular weight is 541 g/mol. The normalized spacial score (nSPS) is 11.4. The quantitative estimate of drug-likeness (QED) is 0.230. The zero-order valence-electron chi connectivity index (χ0n) is 18.4. The van der Waals surface area contributed by atoms with E-state index in [1.807, 2.05) is 13.0 Å². The number of carbonyl (C=O) groups is 1. The van der Waals surface area contributed by atoms with Crippen molar-refractivity contribution in [2.24, 2.45) is 0 Å². The molecule has 3 aromatic rings. The molecule has 7 nitrogen and oxygen atoms in total. The average Bonchev–Trinajstić information content (AvgIpc) is 2.81. The fourth-order valence-corrected chi connectivity index (χ4v) is 4.07. The molecule has 1 N–H and O–H groups in total. The van der Waals surface area contributed by atoms with Gasteiger partial charge in [-0.15, -0.1) is 0 Å². The highest BCUT2D eigenvalue weighted by Gasteiger charge is 2.20. The van der Waals surface area contributed by atoms with Crippen LogP contribution in [-0.2, 0) is 14.9 Å². The molecule has 0 atom stereocenters. The first-order valence-corrected chi connectivity index (χ1v) is 12.4. The summed E-state index contributed by atoms with van der Waals surface area (Å²) in [4.78, 5) is 12.5. The second-order valence-corrected chi connectivity index (χ2v) is 9.58. The van der Waals surface area contributed by atoms with Crippen molar-refractivity contribution in [3.05, 3.63) is 87.9 Å². The van der Waals surface area contributed by atoms with E-state index < -0.39 is 16.0 Å². The fourth-order valence-electron chi connectivity index (χ4n) is 2.87. The van der Waals surface area contributed by atoms with Crippen molar-refractivity contribution >= 4 is 43.7 Å². The molecule has 9 heteroatoms. The highest BCUT2D eigenvalue weighted by molar-refractivity contribution is 9.10. The van der Waals surface area contributed by atoms with E-state index in [0.717, 1.165) is 10.0 Å². The van der Waals surface area contributed by atoms with Gasteiger partial charge in [-0.2, -0.15) is 13.7 Å². The molecule has 0 heterocycles. The predicted molar refractivity (Wildman–Crippen MR) is 133 cm³/mol. The van der Waals surface area contributed by atoms with Crippen molar-refractivity contribution in [3.8, 4) is 17.6 Å². The molecule has 3 aromatic carbocycles. The molecule has 0 bridgehead atoms. The van der Waals surface area contributed by atoms with Crippen LogP contribution >= 0.6 is 15.9 Å². The number of carbonyl (C=O) groups excluding carboxylic acids is 1. The van der Waals surface area contributed by atoms with Crippen LogP contribution in [0.5, 0.6) is 11.5 Å². The Bertz CT molecular complexity index is 1360. The maximum Gasteiger partial charge on any atom is 0.339 e. The van der Waals surface area contributed by atoms with E-state index in [2.05, 4.69) is 21.2 Å². The number of benzene rings is 3. The summed E-state index contributed by atoms with van der Waals surface area (Å²) in [5.74, 6) is -0.417. The summed E-state index contributed by atoms with van der Waals surface area (Å²) in [6.07, 6.45) is 1.38. The zero-order valence-corrected chi connectivity index (χ0v) is 20.8. The van der Waals surface area contributed by atoms with Crippen LogP contribution in [0.3, 0.4) is 0 Å². The Morgan fingerprint density at radius 3 is 2.35 bits per heavy atom. The summed E-state index contributed by atoms with van der Waals surface area (Å²) < 4.78 is 37.1. The molecule has 174 valence electrons. The van der Waals surface area contributed by atoms with Gasteiger partial charge in [0.15, 0.2) is 11.5 Å². The number of ether oxygens (including phenoxy) is 1. The molecule has 0 radical (unpaired) electrons. The van der Waals surface area contributed by atoms with Gasteiger partial charge in [-0.05, 0) is 74.0 Å². The smallest absolute Gasteiger partial charge is 0.339 e. The van der Waals surface area contributed by atoms with Gasteiger partial charge in [0.25, 0.3) is 5.91 Å². The summed E-state index contributed by atoms with van der Waals surface area (Å²) >= 11 is 3.32. The Hall–Kier alpha value is -3.61. The summed E-state index contributed by atoms with van der Waals surface area (Å²) in [6, 6.07) is 19.6. The zero-order chi connectivity index (χ0) is 24.7. The molecule has 0 aromatic heterocycles. The Labute approximate surface area is 206 Å². The predicted octanol–water partition coefficient (Wildman–Crippen LogP) is 5.47. The molecule has 1 amide bonds. The minimum Gasteiger partial charge on any atom is -0.490 e. The molecule has 0 saturated heterocycles. The summed E-state index contributed by atoms with van der Waals surface area (Å²) in [7, 11) is -4.08. The molecular weight excluding hydrogens is 520 g/mol. The standard InChI is InChI=1S/C25H21BrN2O5S/c1-3-32-24-15-18(14-19(16-27)25(29)28-21-9-7-20(26)8-10-21)6-13-23(24)33-34(30,31)22-11-4-17(2)5-12-22/h4-15H,3H2,1-2H3,(H,28,29)/b19-14+. The highest BCUT2D eigenvalue weighted by Crippen LogP contribution is 2.32. The van der Waals surface area contributed by atoms with Crippen LogP contribution in [0.15, 0.2) is 81.7 Å². The molecule has 3 rings (SSSR count). The monoisotopic (exact) mass is 540 g/mol. The van der Waals surface area contributed by atoms with E-state index in [9.17, 15) is 18.5 Å². The minimum absolute atomic E-state index is 0.00241. The maximum absolute atomic E-state index is 12.7. The van der Waals surface area contributed by atoms with Crippen LogP contribution < -0.4 is 14.2 Å². The Kier molecular flexibility index (Phi) is 8.10. The highest BCUT2D eigenvalue weighted by atomic mass is 79.9. The third-order valence-corrected chi connectivity index (χ3v) is 6.33. The first-order valence-electron chi connectivity index (χ1n) is 10.2. The van der Waals surface area contributed by atoms with E-state index in [-0.39, 0.29) is 28.6 Å². The lowest BCUT2D eigenvalue weighted by molar-refractivity contribution is -0.112. The molecule has 0 spiro atoms. The molecule has 0 saturated carbocycles. The number of rotatable bonds is 8. The summed E-state index contributed by atoms with van der Waals surface area (Å²) in [6.45, 7) is 3.85. The molecule has 0 fully saturated rings. The fraction of sp³-hybridized carbons (Fsp3) is 0.120. The van der Waals surface area contributed by atoms with Crippen molar-refractivity contribution in [2.75, 3.05) is 11.9 Å². The van der Waals surface area contributed by atoms with Gasteiger partial charge in [0, 0.05) is 10.2 Å². The van der Waals surface area contributed by atoms with E-state index in [0.29, 0.717) is 11.3 Å². The van der Waals surface area contributed by atoms with Crippen molar-refractivity contribution in [2.45, 2.75) is 18.7 Å². The van der Waals surface area contributed by atoms with Crippen molar-refractivity contribution in [1.29, 1.82) is 5.26 Å². The number of aryl methyl sites for hydroxylation is 1. The second-order valence-electron chi connectivity index (χ2n) is 7.12. The molecule has 0 aliphatic carbocycles. The lowest BCUT2D eigenvalue weighted by Crippen LogP contribution is -2.13. The number of hydrogen-bond acceptors (Lipinski definition) is 6. The second kappa shape index (κ2) is 11.0. The molecule has 0 unspecified atom stereocenters. The molecule has 0 aliphatic rings. The number of halogens is 1. The van der Waals surface area contributed by atoms with Crippen LogP contribution in [0.4, 0.5) is 5.69 Å². The van der Waals surface area contributed by atoms with Gasteiger partial charge >= 0.3 is 10.1 Å². The first kappa shape index (κ1) is 25.0. The van der Waals surface area contributed by atoms with Crippen molar-refractivity contribution in [1.82, 2.24) is 0 Å². The number of hydrogen-bond donors (Lipinski definition) is 1. The van der Waals surface area contributed by atoms with Gasteiger partial charge in [-0.1, -0.05) is 39.7 Å².